The average Bonchev–Trinajstić information content (AvgIpc) is 2.19. The molecule has 1 N–H and O–H groups in total. The molecule has 1 fully saturated rings. The van der Waals surface area contributed by atoms with Crippen molar-refractivity contribution in [2.75, 3.05) is 7.05 Å². The lowest BCUT2D eigenvalue weighted by Crippen LogP contribution is -2.51. The zero-order valence-electron chi connectivity index (χ0n) is 11.2. The quantitative estimate of drug-likeness (QED) is 0.802. The molecule has 17 heavy (non-hydrogen) atoms. The van der Waals surface area contributed by atoms with Crippen LogP contribution >= 0.6 is 0 Å². The van der Waals surface area contributed by atoms with E-state index in [1.54, 1.807) is 14.0 Å². The van der Waals surface area contributed by atoms with E-state index in [1.165, 1.54) is 4.90 Å². The van der Waals surface area contributed by atoms with Gasteiger partial charge in [-0.05, 0) is 32.1 Å². The fraction of sp³-hybridized carbons (Fsp3) is 0.846. The molecule has 0 saturated heterocycles. The fourth-order valence-electron chi connectivity index (χ4n) is 2.61. The third-order valence-corrected chi connectivity index (χ3v) is 3.82. The number of carbonyl (C=O) groups excluding carboxylic acids is 1. The van der Waals surface area contributed by atoms with Gasteiger partial charge in [0.25, 0.3) is 0 Å². The summed E-state index contributed by atoms with van der Waals surface area (Å²) < 4.78 is 0. The number of hydrogen-bond donors (Lipinski definition) is 1. The summed E-state index contributed by atoms with van der Waals surface area (Å²) in [4.78, 5) is 24.7. The predicted octanol–water partition coefficient (Wildman–Crippen LogP) is 2.13. The standard InChI is InChI=1S/C13H23NO3/c1-9(2)8-13(6-5-7-13)12(17)14(4)10(3)11(15)16/h9-10H,5-8H2,1-4H3,(H,15,16). The van der Waals surface area contributed by atoms with Crippen molar-refractivity contribution in [2.24, 2.45) is 11.3 Å². The van der Waals surface area contributed by atoms with Crippen LogP contribution in [0, 0.1) is 11.3 Å². The van der Waals surface area contributed by atoms with Gasteiger partial charge in [0.1, 0.15) is 6.04 Å². The molecular formula is C13H23NO3. The van der Waals surface area contributed by atoms with Gasteiger partial charge in [-0.25, -0.2) is 4.79 Å². The van der Waals surface area contributed by atoms with Gasteiger partial charge in [-0.2, -0.15) is 0 Å². The van der Waals surface area contributed by atoms with E-state index in [1.807, 2.05) is 0 Å². The number of carbonyl (C=O) groups is 2. The van der Waals surface area contributed by atoms with Crippen LogP contribution in [-0.4, -0.2) is 35.0 Å². The first-order chi connectivity index (χ1) is 7.80. The van der Waals surface area contributed by atoms with Crippen molar-refractivity contribution in [2.45, 2.75) is 52.5 Å². The molecule has 1 saturated carbocycles. The van der Waals surface area contributed by atoms with E-state index in [4.69, 9.17) is 5.11 Å². The van der Waals surface area contributed by atoms with E-state index in [-0.39, 0.29) is 11.3 Å². The lowest BCUT2D eigenvalue weighted by molar-refractivity contribution is -0.157. The van der Waals surface area contributed by atoms with Gasteiger partial charge in [0, 0.05) is 12.5 Å². The Morgan fingerprint density at radius 2 is 1.82 bits per heavy atom. The molecule has 0 aromatic heterocycles. The summed E-state index contributed by atoms with van der Waals surface area (Å²) in [5.41, 5.74) is -0.285. The Hall–Kier alpha value is -1.06. The minimum absolute atomic E-state index is 0.00681. The highest BCUT2D eigenvalue weighted by Crippen LogP contribution is 2.47. The SMILES string of the molecule is CC(C)CC1(C(=O)N(C)C(C)C(=O)O)CCC1. The van der Waals surface area contributed by atoms with Crippen molar-refractivity contribution in [3.8, 4) is 0 Å². The molecule has 1 unspecified atom stereocenters. The summed E-state index contributed by atoms with van der Waals surface area (Å²) in [5, 5.41) is 8.95. The maximum absolute atomic E-state index is 12.4. The van der Waals surface area contributed by atoms with E-state index in [0.717, 1.165) is 25.7 Å². The fourth-order valence-corrected chi connectivity index (χ4v) is 2.61. The Bertz CT molecular complexity index is 308. The van der Waals surface area contributed by atoms with Gasteiger partial charge in [0.2, 0.25) is 5.91 Å². The number of nitrogens with zero attached hydrogens (tertiary/aromatic N) is 1. The largest absolute Gasteiger partial charge is 0.480 e. The molecule has 4 nitrogen and oxygen atoms in total. The van der Waals surface area contributed by atoms with Crippen molar-refractivity contribution in [3.05, 3.63) is 0 Å². The summed E-state index contributed by atoms with van der Waals surface area (Å²) in [7, 11) is 1.60. The molecule has 0 aliphatic heterocycles. The molecule has 0 spiro atoms. The predicted molar refractivity (Wildman–Crippen MR) is 65.6 cm³/mol. The van der Waals surface area contributed by atoms with Crippen molar-refractivity contribution in [1.82, 2.24) is 4.90 Å². The van der Waals surface area contributed by atoms with Crippen LogP contribution in [0.1, 0.15) is 46.5 Å². The van der Waals surface area contributed by atoms with Gasteiger partial charge in [0.15, 0.2) is 0 Å². The van der Waals surface area contributed by atoms with Crippen LogP contribution in [0.2, 0.25) is 0 Å². The Morgan fingerprint density at radius 3 is 2.12 bits per heavy atom. The van der Waals surface area contributed by atoms with Crippen LogP contribution < -0.4 is 0 Å². The summed E-state index contributed by atoms with van der Waals surface area (Å²) in [6.07, 6.45) is 3.75. The Labute approximate surface area is 103 Å². The first-order valence-electron chi connectivity index (χ1n) is 6.30. The van der Waals surface area contributed by atoms with Gasteiger partial charge in [-0.15, -0.1) is 0 Å². The van der Waals surface area contributed by atoms with E-state index in [2.05, 4.69) is 13.8 Å². The van der Waals surface area contributed by atoms with Crippen molar-refractivity contribution >= 4 is 11.9 Å². The number of carboxylic acid groups (broad SMARTS) is 1. The zero-order chi connectivity index (χ0) is 13.2. The smallest absolute Gasteiger partial charge is 0.326 e. The van der Waals surface area contributed by atoms with Crippen molar-refractivity contribution < 1.29 is 14.7 Å². The van der Waals surface area contributed by atoms with Crippen LogP contribution in [0.15, 0.2) is 0 Å². The minimum atomic E-state index is -0.945. The average molecular weight is 241 g/mol. The molecule has 1 atom stereocenters. The van der Waals surface area contributed by atoms with Crippen molar-refractivity contribution in [3.63, 3.8) is 0 Å². The van der Waals surface area contributed by atoms with E-state index in [0.29, 0.717) is 5.92 Å². The molecule has 0 heterocycles. The summed E-state index contributed by atoms with van der Waals surface area (Å²) >= 11 is 0. The molecule has 1 rings (SSSR count). The molecule has 0 aromatic rings. The normalized spacial score (nSPS) is 19.6. The third-order valence-electron chi connectivity index (χ3n) is 3.82. The van der Waals surface area contributed by atoms with E-state index >= 15 is 0 Å². The van der Waals surface area contributed by atoms with Crippen LogP contribution in [0.5, 0.6) is 0 Å². The molecule has 0 aromatic carbocycles. The van der Waals surface area contributed by atoms with Gasteiger partial charge in [-0.3, -0.25) is 4.79 Å². The molecule has 0 bridgehead atoms. The van der Waals surface area contributed by atoms with Crippen LogP contribution in [0.4, 0.5) is 0 Å². The molecule has 1 amide bonds. The zero-order valence-corrected chi connectivity index (χ0v) is 11.2. The minimum Gasteiger partial charge on any atom is -0.480 e. The summed E-state index contributed by atoms with van der Waals surface area (Å²) in [6.45, 7) is 5.77. The first kappa shape index (κ1) is 14.0. The molecule has 0 radical (unpaired) electrons. The number of carboxylic acids is 1. The number of amides is 1. The third kappa shape index (κ3) is 2.79. The lowest BCUT2D eigenvalue weighted by atomic mass is 9.63. The number of hydrogen-bond acceptors (Lipinski definition) is 2. The topological polar surface area (TPSA) is 57.6 Å². The van der Waals surface area contributed by atoms with Gasteiger partial charge >= 0.3 is 5.97 Å². The molecule has 98 valence electrons. The van der Waals surface area contributed by atoms with Crippen molar-refractivity contribution in [1.29, 1.82) is 0 Å². The Balaban J connectivity index is 2.76. The summed E-state index contributed by atoms with van der Waals surface area (Å²) in [6, 6.07) is -0.743. The monoisotopic (exact) mass is 241 g/mol. The van der Waals surface area contributed by atoms with E-state index < -0.39 is 12.0 Å². The maximum Gasteiger partial charge on any atom is 0.326 e. The molecule has 1 aliphatic rings. The second kappa shape index (κ2) is 5.07. The van der Waals surface area contributed by atoms with Crippen LogP contribution in [-0.2, 0) is 9.59 Å². The highest BCUT2D eigenvalue weighted by molar-refractivity contribution is 5.87. The van der Waals surface area contributed by atoms with Gasteiger partial charge in [-0.1, -0.05) is 20.3 Å². The Kier molecular flexibility index (Phi) is 4.17. The Morgan fingerprint density at radius 1 is 1.29 bits per heavy atom. The highest BCUT2D eigenvalue weighted by atomic mass is 16.4. The van der Waals surface area contributed by atoms with Gasteiger partial charge < -0.3 is 10.0 Å². The summed E-state index contributed by atoms with van der Waals surface area (Å²) in [5.74, 6) is -0.472. The van der Waals surface area contributed by atoms with Gasteiger partial charge in [0.05, 0.1) is 0 Å². The number of likely N-dealkylation sites (N-methyl/N-ethyl adjacent to an activating group) is 1. The van der Waals surface area contributed by atoms with Crippen LogP contribution in [0.25, 0.3) is 0 Å². The number of aliphatic carboxylic acids is 1. The second-order valence-corrected chi connectivity index (χ2v) is 5.66. The second-order valence-electron chi connectivity index (χ2n) is 5.66. The maximum atomic E-state index is 12.4. The molecular weight excluding hydrogens is 218 g/mol. The van der Waals surface area contributed by atoms with Crippen LogP contribution in [0.3, 0.4) is 0 Å². The lowest BCUT2D eigenvalue weighted by Gasteiger charge is -2.44. The number of rotatable bonds is 5. The van der Waals surface area contributed by atoms with E-state index in [9.17, 15) is 9.59 Å². The first-order valence-corrected chi connectivity index (χ1v) is 6.30. The molecule has 4 heteroatoms. The molecule has 1 aliphatic carbocycles. The highest BCUT2D eigenvalue weighted by Gasteiger charge is 2.46.